The highest BCUT2D eigenvalue weighted by molar-refractivity contribution is 6.06. The topological polar surface area (TPSA) is 82.1 Å². The van der Waals surface area contributed by atoms with Crippen LogP contribution in [0.15, 0.2) is 0 Å². The predicted octanol–water partition coefficient (Wildman–Crippen LogP) is 0.361. The number of esters is 1. The smallest absolute Gasteiger partial charge is 0.306 e. The number of nitrogens with zero attached hydrogens (tertiary/aromatic N) is 1. The predicted molar refractivity (Wildman–Crippen MR) is 78.2 cm³/mol. The average Bonchev–Trinajstić information content (AvgIpc) is 3.11. The zero-order chi connectivity index (χ0) is 16.9. The first-order chi connectivity index (χ1) is 10.9. The van der Waals surface area contributed by atoms with Crippen molar-refractivity contribution >= 4 is 17.8 Å². The number of ether oxygens (including phenoxy) is 3. The molecule has 3 saturated heterocycles. The summed E-state index contributed by atoms with van der Waals surface area (Å²) in [6, 6.07) is 0. The molecule has 3 aliphatic heterocycles. The van der Waals surface area contributed by atoms with Crippen LogP contribution in [0, 0.1) is 17.8 Å². The van der Waals surface area contributed by atoms with Crippen molar-refractivity contribution in [1.82, 2.24) is 4.90 Å². The standard InChI is InChI=1S/C16H23NO6/c1-7(2)5-6-8(18)22-14-12-10-9(11(23-12)13(14)21-4)15(19)17(3)16(10)20/h7,9-14H,5-6H2,1-4H3. The minimum absolute atomic E-state index is 0.237. The summed E-state index contributed by atoms with van der Waals surface area (Å²) < 4.78 is 16.8. The van der Waals surface area contributed by atoms with E-state index in [9.17, 15) is 14.4 Å². The molecule has 0 N–H and O–H groups in total. The summed E-state index contributed by atoms with van der Waals surface area (Å²) in [5.41, 5.74) is 0. The van der Waals surface area contributed by atoms with Gasteiger partial charge in [-0.1, -0.05) is 13.8 Å². The lowest BCUT2D eigenvalue weighted by molar-refractivity contribution is -0.161. The fourth-order valence-electron chi connectivity index (χ4n) is 3.86. The molecule has 6 atom stereocenters. The third-order valence-corrected chi connectivity index (χ3v) is 5.08. The lowest BCUT2D eigenvalue weighted by Gasteiger charge is -2.31. The molecular weight excluding hydrogens is 302 g/mol. The van der Waals surface area contributed by atoms with Gasteiger partial charge in [0.1, 0.15) is 18.3 Å². The fourth-order valence-corrected chi connectivity index (χ4v) is 3.86. The monoisotopic (exact) mass is 325 g/mol. The van der Waals surface area contributed by atoms with E-state index in [1.165, 1.54) is 14.2 Å². The Hall–Kier alpha value is -1.47. The lowest BCUT2D eigenvalue weighted by atomic mass is 9.78. The highest BCUT2D eigenvalue weighted by atomic mass is 16.6. The summed E-state index contributed by atoms with van der Waals surface area (Å²) in [7, 11) is 2.98. The molecule has 2 bridgehead atoms. The molecular formula is C16H23NO6. The molecule has 6 unspecified atom stereocenters. The number of amides is 2. The SMILES string of the molecule is COC1C(OC(=O)CCC(C)C)C2OC1C1C(=O)N(C)C(=O)C21. The molecule has 0 spiro atoms. The van der Waals surface area contributed by atoms with Gasteiger partial charge in [0.2, 0.25) is 11.8 Å². The first kappa shape index (κ1) is 16.4. The number of likely N-dealkylation sites (tertiary alicyclic amines) is 1. The molecule has 0 radical (unpaired) electrons. The van der Waals surface area contributed by atoms with Gasteiger partial charge in [0.05, 0.1) is 11.8 Å². The molecule has 0 saturated carbocycles. The van der Waals surface area contributed by atoms with Crippen LogP contribution in [-0.4, -0.2) is 61.3 Å². The molecule has 2 amide bonds. The van der Waals surface area contributed by atoms with Crippen molar-refractivity contribution in [2.75, 3.05) is 14.2 Å². The Morgan fingerprint density at radius 2 is 1.74 bits per heavy atom. The van der Waals surface area contributed by atoms with Gasteiger partial charge in [0.25, 0.3) is 0 Å². The van der Waals surface area contributed by atoms with E-state index >= 15 is 0 Å². The van der Waals surface area contributed by atoms with Gasteiger partial charge < -0.3 is 14.2 Å². The van der Waals surface area contributed by atoms with Gasteiger partial charge in [-0.2, -0.15) is 0 Å². The molecule has 0 aromatic rings. The largest absolute Gasteiger partial charge is 0.457 e. The molecule has 7 heteroatoms. The minimum atomic E-state index is -0.630. The summed E-state index contributed by atoms with van der Waals surface area (Å²) in [6.07, 6.45) is -1.20. The normalized spacial score (nSPS) is 38.6. The molecule has 23 heavy (non-hydrogen) atoms. The Balaban J connectivity index is 1.74. The molecule has 128 valence electrons. The Bertz CT molecular complexity index is 533. The van der Waals surface area contributed by atoms with Gasteiger partial charge in [0, 0.05) is 20.6 Å². The minimum Gasteiger partial charge on any atom is -0.457 e. The zero-order valence-electron chi connectivity index (χ0n) is 13.9. The van der Waals surface area contributed by atoms with E-state index in [4.69, 9.17) is 14.2 Å². The van der Waals surface area contributed by atoms with Crippen LogP contribution < -0.4 is 0 Å². The van der Waals surface area contributed by atoms with Crippen molar-refractivity contribution in [1.29, 1.82) is 0 Å². The maximum Gasteiger partial charge on any atom is 0.306 e. The van der Waals surface area contributed by atoms with Gasteiger partial charge in [-0.3, -0.25) is 19.3 Å². The van der Waals surface area contributed by atoms with E-state index in [1.807, 2.05) is 13.8 Å². The highest BCUT2D eigenvalue weighted by Gasteiger charge is 2.69. The second-order valence-electron chi connectivity index (χ2n) is 6.94. The molecule has 0 aliphatic carbocycles. The van der Waals surface area contributed by atoms with E-state index in [-0.39, 0.29) is 17.8 Å². The van der Waals surface area contributed by atoms with Crippen molar-refractivity contribution in [3.63, 3.8) is 0 Å². The Morgan fingerprint density at radius 3 is 2.26 bits per heavy atom. The summed E-state index contributed by atoms with van der Waals surface area (Å²) >= 11 is 0. The van der Waals surface area contributed by atoms with Gasteiger partial charge in [0.15, 0.2) is 6.10 Å². The van der Waals surface area contributed by atoms with E-state index in [1.54, 1.807) is 0 Å². The van der Waals surface area contributed by atoms with Crippen molar-refractivity contribution in [3.05, 3.63) is 0 Å². The Morgan fingerprint density at radius 1 is 1.17 bits per heavy atom. The summed E-state index contributed by atoms with van der Waals surface area (Å²) in [6.45, 7) is 4.07. The van der Waals surface area contributed by atoms with Crippen LogP contribution in [0.1, 0.15) is 26.7 Å². The van der Waals surface area contributed by atoms with Gasteiger partial charge >= 0.3 is 5.97 Å². The number of fused-ring (bicyclic) bond motifs is 5. The molecule has 3 heterocycles. The number of methoxy groups -OCH3 is 1. The van der Waals surface area contributed by atoms with Crippen LogP contribution in [0.2, 0.25) is 0 Å². The number of carbonyl (C=O) groups is 3. The molecule has 7 nitrogen and oxygen atoms in total. The van der Waals surface area contributed by atoms with E-state index in [0.717, 1.165) is 11.3 Å². The second kappa shape index (κ2) is 5.87. The van der Waals surface area contributed by atoms with Crippen LogP contribution in [0.25, 0.3) is 0 Å². The van der Waals surface area contributed by atoms with E-state index in [0.29, 0.717) is 12.3 Å². The number of imide groups is 1. The summed E-state index contributed by atoms with van der Waals surface area (Å²) in [4.78, 5) is 37.7. The van der Waals surface area contributed by atoms with Crippen molar-refractivity contribution in [3.8, 4) is 0 Å². The van der Waals surface area contributed by atoms with Crippen LogP contribution in [0.5, 0.6) is 0 Å². The molecule has 0 aromatic heterocycles. The maximum absolute atomic E-state index is 12.3. The first-order valence-electron chi connectivity index (χ1n) is 8.06. The second-order valence-corrected chi connectivity index (χ2v) is 6.94. The third kappa shape index (κ3) is 2.46. The fraction of sp³-hybridized carbons (Fsp3) is 0.812. The summed E-state index contributed by atoms with van der Waals surface area (Å²) in [5.74, 6) is -1.49. The maximum atomic E-state index is 12.3. The molecule has 3 aliphatic rings. The van der Waals surface area contributed by atoms with Gasteiger partial charge in [-0.15, -0.1) is 0 Å². The zero-order valence-corrected chi connectivity index (χ0v) is 13.9. The Labute approximate surface area is 135 Å². The van der Waals surface area contributed by atoms with Crippen molar-refractivity contribution in [2.45, 2.75) is 51.1 Å². The number of hydrogen-bond acceptors (Lipinski definition) is 6. The lowest BCUT2D eigenvalue weighted by Crippen LogP contribution is -2.50. The van der Waals surface area contributed by atoms with Crippen molar-refractivity contribution < 1.29 is 28.6 Å². The van der Waals surface area contributed by atoms with Gasteiger partial charge in [-0.05, 0) is 12.3 Å². The van der Waals surface area contributed by atoms with Crippen LogP contribution in [-0.2, 0) is 28.6 Å². The number of hydrogen-bond donors (Lipinski definition) is 0. The molecule has 3 fully saturated rings. The van der Waals surface area contributed by atoms with E-state index in [2.05, 4.69) is 0 Å². The number of rotatable bonds is 5. The Kier molecular flexibility index (Phi) is 4.18. The van der Waals surface area contributed by atoms with E-state index < -0.39 is 36.3 Å². The molecule has 3 rings (SSSR count). The van der Waals surface area contributed by atoms with Crippen LogP contribution >= 0.6 is 0 Å². The van der Waals surface area contributed by atoms with Crippen molar-refractivity contribution in [2.24, 2.45) is 17.8 Å². The quantitative estimate of drug-likeness (QED) is 0.536. The van der Waals surface area contributed by atoms with Crippen LogP contribution in [0.3, 0.4) is 0 Å². The number of carbonyl (C=O) groups excluding carboxylic acids is 3. The summed E-state index contributed by atoms with van der Waals surface area (Å²) in [5, 5.41) is 0. The third-order valence-electron chi connectivity index (χ3n) is 5.08. The highest BCUT2D eigenvalue weighted by Crippen LogP contribution is 2.50. The van der Waals surface area contributed by atoms with Crippen LogP contribution in [0.4, 0.5) is 0 Å². The first-order valence-corrected chi connectivity index (χ1v) is 8.06. The van der Waals surface area contributed by atoms with Gasteiger partial charge in [-0.25, -0.2) is 0 Å². The average molecular weight is 325 g/mol. The molecule has 0 aromatic carbocycles.